The fourth-order valence-electron chi connectivity index (χ4n) is 1.83. The van der Waals surface area contributed by atoms with E-state index in [-0.39, 0.29) is 12.8 Å². The molecule has 0 radical (unpaired) electrons. The molecule has 0 saturated carbocycles. The van der Waals surface area contributed by atoms with Gasteiger partial charge in [0.05, 0.1) is 7.11 Å². The van der Waals surface area contributed by atoms with Crippen molar-refractivity contribution in [2.24, 2.45) is 0 Å². The van der Waals surface area contributed by atoms with Crippen LogP contribution >= 0.6 is 0 Å². The van der Waals surface area contributed by atoms with Gasteiger partial charge in [-0.25, -0.2) is 4.79 Å². The number of esters is 1. The van der Waals surface area contributed by atoms with Gasteiger partial charge in [0.2, 0.25) is 5.91 Å². The fourth-order valence-corrected chi connectivity index (χ4v) is 1.83. The monoisotopic (exact) mass is 273 g/mol. The largest absolute Gasteiger partial charge is 0.480 e. The molecule has 0 bridgehead atoms. The molecule has 1 fully saturated rings. The second-order valence-electron chi connectivity index (χ2n) is 4.37. The number of methoxy groups -OCH3 is 1. The van der Waals surface area contributed by atoms with E-state index in [0.29, 0.717) is 13.0 Å². The van der Waals surface area contributed by atoms with E-state index in [1.54, 1.807) is 0 Å². The maximum absolute atomic E-state index is 11.8. The van der Waals surface area contributed by atoms with Crippen molar-refractivity contribution >= 4 is 17.8 Å². The van der Waals surface area contributed by atoms with Gasteiger partial charge in [0.1, 0.15) is 12.1 Å². The molecule has 0 spiro atoms. The standard InChI is InChI=1S/C12H19NO6/c1-18-10(14)6-5-8(12(16)17)13-11(15)9-4-2-3-7-19-9/h8-9H,2-7H2,1H3,(H,13,15)(H,16,17)/t8-,9?/m1/s1. The van der Waals surface area contributed by atoms with Gasteiger partial charge in [-0.1, -0.05) is 0 Å². The molecule has 19 heavy (non-hydrogen) atoms. The first-order valence-electron chi connectivity index (χ1n) is 6.26. The van der Waals surface area contributed by atoms with E-state index >= 15 is 0 Å². The van der Waals surface area contributed by atoms with Gasteiger partial charge < -0.3 is 19.9 Å². The summed E-state index contributed by atoms with van der Waals surface area (Å²) in [4.78, 5) is 33.8. The maximum Gasteiger partial charge on any atom is 0.326 e. The molecule has 7 nitrogen and oxygen atoms in total. The first-order valence-corrected chi connectivity index (χ1v) is 6.26. The highest BCUT2D eigenvalue weighted by Gasteiger charge is 2.27. The van der Waals surface area contributed by atoms with Crippen LogP contribution < -0.4 is 5.32 Å². The second kappa shape index (κ2) is 7.73. The Balaban J connectivity index is 2.45. The van der Waals surface area contributed by atoms with Gasteiger partial charge >= 0.3 is 11.9 Å². The molecule has 0 aromatic rings. The second-order valence-corrected chi connectivity index (χ2v) is 4.37. The lowest BCUT2D eigenvalue weighted by Crippen LogP contribution is -2.47. The number of hydrogen-bond donors (Lipinski definition) is 2. The lowest BCUT2D eigenvalue weighted by molar-refractivity contribution is -0.146. The molecule has 7 heteroatoms. The number of carbonyl (C=O) groups excluding carboxylic acids is 2. The van der Waals surface area contributed by atoms with Crippen LogP contribution in [0, 0.1) is 0 Å². The SMILES string of the molecule is COC(=O)CC[C@@H](NC(=O)C1CCCCO1)C(=O)O. The molecular formula is C12H19NO6. The third-order valence-corrected chi connectivity index (χ3v) is 2.95. The summed E-state index contributed by atoms with van der Waals surface area (Å²) in [5.41, 5.74) is 0. The number of amides is 1. The molecule has 1 heterocycles. The Kier molecular flexibility index (Phi) is 6.27. The number of rotatable bonds is 6. The van der Waals surface area contributed by atoms with Crippen LogP contribution in [-0.2, 0) is 23.9 Å². The number of ether oxygens (including phenoxy) is 2. The van der Waals surface area contributed by atoms with Crippen LogP contribution in [0.25, 0.3) is 0 Å². The Bertz CT molecular complexity index is 337. The topological polar surface area (TPSA) is 102 Å². The molecule has 1 rings (SSSR count). The lowest BCUT2D eigenvalue weighted by atomic mass is 10.1. The van der Waals surface area contributed by atoms with Gasteiger partial charge in [-0.2, -0.15) is 0 Å². The molecule has 0 aromatic carbocycles. The minimum Gasteiger partial charge on any atom is -0.480 e. The third-order valence-electron chi connectivity index (χ3n) is 2.95. The van der Waals surface area contributed by atoms with E-state index < -0.39 is 30.0 Å². The van der Waals surface area contributed by atoms with Crippen LogP contribution in [0.1, 0.15) is 32.1 Å². The van der Waals surface area contributed by atoms with E-state index in [2.05, 4.69) is 10.1 Å². The molecule has 1 saturated heterocycles. The summed E-state index contributed by atoms with van der Waals surface area (Å²) in [5, 5.41) is 11.4. The molecule has 108 valence electrons. The van der Waals surface area contributed by atoms with Crippen LogP contribution in [0.4, 0.5) is 0 Å². The summed E-state index contributed by atoms with van der Waals surface area (Å²) >= 11 is 0. The minimum absolute atomic E-state index is 0.000463. The summed E-state index contributed by atoms with van der Waals surface area (Å²) < 4.78 is 9.70. The molecule has 1 unspecified atom stereocenters. The summed E-state index contributed by atoms with van der Waals surface area (Å²) in [6.07, 6.45) is 1.75. The number of hydrogen-bond acceptors (Lipinski definition) is 5. The van der Waals surface area contributed by atoms with Crippen molar-refractivity contribution in [3.63, 3.8) is 0 Å². The Morgan fingerprint density at radius 1 is 1.42 bits per heavy atom. The van der Waals surface area contributed by atoms with Gasteiger partial charge in [0.25, 0.3) is 0 Å². The third kappa shape index (κ3) is 5.25. The number of carboxylic acid groups (broad SMARTS) is 1. The van der Waals surface area contributed by atoms with Gasteiger partial charge in [-0.3, -0.25) is 9.59 Å². The molecule has 1 amide bonds. The molecular weight excluding hydrogens is 254 g/mol. The first-order chi connectivity index (χ1) is 9.04. The summed E-state index contributed by atoms with van der Waals surface area (Å²) in [7, 11) is 1.23. The van der Waals surface area contributed by atoms with Crippen molar-refractivity contribution < 1.29 is 29.0 Å². The predicted molar refractivity (Wildman–Crippen MR) is 64.4 cm³/mol. The van der Waals surface area contributed by atoms with Crippen LogP contribution in [0.3, 0.4) is 0 Å². The van der Waals surface area contributed by atoms with E-state index in [4.69, 9.17) is 9.84 Å². The molecule has 1 aliphatic heterocycles. The molecule has 2 N–H and O–H groups in total. The molecule has 0 aromatic heterocycles. The average molecular weight is 273 g/mol. The quantitative estimate of drug-likeness (QED) is 0.664. The zero-order valence-corrected chi connectivity index (χ0v) is 10.9. The summed E-state index contributed by atoms with van der Waals surface area (Å²) in [6.45, 7) is 0.512. The van der Waals surface area contributed by atoms with E-state index in [1.165, 1.54) is 7.11 Å². The lowest BCUT2D eigenvalue weighted by Gasteiger charge is -2.23. The van der Waals surface area contributed by atoms with E-state index in [1.807, 2.05) is 0 Å². The van der Waals surface area contributed by atoms with Crippen molar-refractivity contribution in [1.29, 1.82) is 0 Å². The van der Waals surface area contributed by atoms with Crippen molar-refractivity contribution in [2.75, 3.05) is 13.7 Å². The van der Waals surface area contributed by atoms with Gasteiger partial charge in [-0.05, 0) is 25.7 Å². The number of carboxylic acids is 1. The predicted octanol–water partition coefficient (Wildman–Crippen LogP) is 0.0781. The Morgan fingerprint density at radius 2 is 2.16 bits per heavy atom. The number of carbonyl (C=O) groups is 3. The number of nitrogens with one attached hydrogen (secondary N) is 1. The molecule has 2 atom stereocenters. The van der Waals surface area contributed by atoms with Gasteiger partial charge in [0.15, 0.2) is 0 Å². The highest BCUT2D eigenvalue weighted by molar-refractivity contribution is 5.86. The van der Waals surface area contributed by atoms with Crippen LogP contribution in [0.2, 0.25) is 0 Å². The highest BCUT2D eigenvalue weighted by atomic mass is 16.5. The Morgan fingerprint density at radius 3 is 2.68 bits per heavy atom. The molecule has 1 aliphatic rings. The van der Waals surface area contributed by atoms with Gasteiger partial charge in [-0.15, -0.1) is 0 Å². The van der Waals surface area contributed by atoms with E-state index in [9.17, 15) is 14.4 Å². The normalized spacial score (nSPS) is 20.4. The Hall–Kier alpha value is -1.63. The average Bonchev–Trinajstić information content (AvgIpc) is 2.43. The van der Waals surface area contributed by atoms with Crippen LogP contribution in [-0.4, -0.2) is 48.8 Å². The molecule has 0 aliphatic carbocycles. The zero-order chi connectivity index (χ0) is 14.3. The van der Waals surface area contributed by atoms with Crippen molar-refractivity contribution in [2.45, 2.75) is 44.2 Å². The van der Waals surface area contributed by atoms with Gasteiger partial charge in [0, 0.05) is 13.0 Å². The maximum atomic E-state index is 11.8. The van der Waals surface area contributed by atoms with Crippen LogP contribution in [0.15, 0.2) is 0 Å². The smallest absolute Gasteiger partial charge is 0.326 e. The first kappa shape index (κ1) is 15.4. The van der Waals surface area contributed by atoms with Crippen LogP contribution in [0.5, 0.6) is 0 Å². The van der Waals surface area contributed by atoms with E-state index in [0.717, 1.165) is 12.8 Å². The highest BCUT2D eigenvalue weighted by Crippen LogP contribution is 2.13. The summed E-state index contributed by atoms with van der Waals surface area (Å²) in [6, 6.07) is -1.10. The minimum atomic E-state index is -1.17. The Labute approximate surface area is 111 Å². The zero-order valence-electron chi connectivity index (χ0n) is 10.9. The fraction of sp³-hybridized carbons (Fsp3) is 0.750. The summed E-state index contributed by atoms with van der Waals surface area (Å²) in [5.74, 6) is -2.11. The number of aliphatic carboxylic acids is 1. The van der Waals surface area contributed by atoms with Crippen molar-refractivity contribution in [3.8, 4) is 0 Å². The van der Waals surface area contributed by atoms with Crippen molar-refractivity contribution in [1.82, 2.24) is 5.32 Å². The van der Waals surface area contributed by atoms with Crippen molar-refractivity contribution in [3.05, 3.63) is 0 Å².